The molecule has 4 nitrogen and oxygen atoms in total. The Bertz CT molecular complexity index is 205. The molecule has 0 saturated heterocycles. The molecule has 0 saturated carbocycles. The largest absolute Gasteiger partial charge is 0.478 e. The van der Waals surface area contributed by atoms with Crippen LogP contribution in [0.3, 0.4) is 0 Å². The average Bonchev–Trinajstić information content (AvgIpc) is 1.56. The highest BCUT2D eigenvalue weighted by Gasteiger charge is 2.26. The smallest absolute Gasteiger partial charge is 0.332 e. The van der Waals surface area contributed by atoms with E-state index < -0.39 is 11.9 Å². The molecule has 0 atom stereocenters. The fraction of sp³-hybridized carbons (Fsp3) is 0.333. The molecule has 1 rings (SSSR count). The standard InChI is InChI=1S/C6H7NO3/c7-5(8)3-1-2-4(3)6(9)10/h1-2H2,(H2,7,8)(H,9,10). The summed E-state index contributed by atoms with van der Waals surface area (Å²) in [6.07, 6.45) is 0.977. The Morgan fingerprint density at radius 3 is 1.90 bits per heavy atom. The van der Waals surface area contributed by atoms with E-state index in [1.54, 1.807) is 0 Å². The fourth-order valence-electron chi connectivity index (χ4n) is 0.883. The minimum absolute atomic E-state index is 0.174. The third kappa shape index (κ3) is 0.877. The second kappa shape index (κ2) is 2.13. The van der Waals surface area contributed by atoms with E-state index in [4.69, 9.17) is 10.8 Å². The van der Waals surface area contributed by atoms with Crippen molar-refractivity contribution in [3.05, 3.63) is 11.1 Å². The number of hydrogen-bond donors (Lipinski definition) is 2. The molecule has 0 radical (unpaired) electrons. The highest BCUT2D eigenvalue weighted by atomic mass is 16.4. The number of rotatable bonds is 2. The monoisotopic (exact) mass is 141 g/mol. The second-order valence-electron chi connectivity index (χ2n) is 2.13. The first kappa shape index (κ1) is 6.80. The zero-order valence-corrected chi connectivity index (χ0v) is 5.26. The molecule has 54 valence electrons. The highest BCUT2D eigenvalue weighted by Crippen LogP contribution is 2.27. The van der Waals surface area contributed by atoms with Crippen molar-refractivity contribution < 1.29 is 14.7 Å². The number of primary amides is 1. The maximum Gasteiger partial charge on any atom is 0.332 e. The molecular weight excluding hydrogens is 134 g/mol. The normalized spacial score (nSPS) is 16.4. The van der Waals surface area contributed by atoms with Crippen LogP contribution in [0.2, 0.25) is 0 Å². The minimum Gasteiger partial charge on any atom is -0.478 e. The van der Waals surface area contributed by atoms with E-state index >= 15 is 0 Å². The van der Waals surface area contributed by atoms with Gasteiger partial charge >= 0.3 is 5.97 Å². The van der Waals surface area contributed by atoms with Crippen molar-refractivity contribution in [1.29, 1.82) is 0 Å². The number of nitrogens with two attached hydrogens (primary N) is 1. The van der Waals surface area contributed by atoms with Gasteiger partial charge in [-0.05, 0) is 12.8 Å². The van der Waals surface area contributed by atoms with Gasteiger partial charge in [0.25, 0.3) is 0 Å². The molecule has 3 N–H and O–H groups in total. The van der Waals surface area contributed by atoms with E-state index in [-0.39, 0.29) is 11.1 Å². The third-order valence-electron chi connectivity index (χ3n) is 1.54. The lowest BCUT2D eigenvalue weighted by molar-refractivity contribution is -0.133. The van der Waals surface area contributed by atoms with E-state index in [9.17, 15) is 9.59 Å². The van der Waals surface area contributed by atoms with Crippen LogP contribution in [-0.2, 0) is 9.59 Å². The summed E-state index contributed by atoms with van der Waals surface area (Å²) in [5.74, 6) is -1.64. The Morgan fingerprint density at radius 1 is 1.30 bits per heavy atom. The maximum atomic E-state index is 10.4. The first-order chi connectivity index (χ1) is 4.63. The maximum absolute atomic E-state index is 10.4. The molecule has 0 aromatic carbocycles. The van der Waals surface area contributed by atoms with Gasteiger partial charge in [0.05, 0.1) is 0 Å². The van der Waals surface area contributed by atoms with E-state index in [1.807, 2.05) is 0 Å². The Labute approximate surface area is 57.3 Å². The topological polar surface area (TPSA) is 80.4 Å². The number of carboxylic acids is 1. The molecule has 1 aliphatic carbocycles. The molecular formula is C6H7NO3. The molecule has 10 heavy (non-hydrogen) atoms. The summed E-state index contributed by atoms with van der Waals surface area (Å²) in [5.41, 5.74) is 5.31. The Hall–Kier alpha value is -1.32. The van der Waals surface area contributed by atoms with Crippen LogP contribution in [0.15, 0.2) is 11.1 Å². The molecule has 0 aromatic rings. The summed E-state index contributed by atoms with van der Waals surface area (Å²) < 4.78 is 0. The first-order valence-electron chi connectivity index (χ1n) is 2.88. The van der Waals surface area contributed by atoms with Crippen LogP contribution < -0.4 is 5.73 Å². The van der Waals surface area contributed by atoms with E-state index in [0.717, 1.165) is 0 Å². The van der Waals surface area contributed by atoms with Crippen molar-refractivity contribution in [1.82, 2.24) is 0 Å². The molecule has 0 bridgehead atoms. The number of hydrogen-bond acceptors (Lipinski definition) is 2. The number of carbonyl (C=O) groups excluding carboxylic acids is 1. The lowest BCUT2D eigenvalue weighted by Crippen LogP contribution is -2.24. The summed E-state index contributed by atoms with van der Waals surface area (Å²) in [7, 11) is 0. The quantitative estimate of drug-likeness (QED) is 0.551. The van der Waals surface area contributed by atoms with Crippen LogP contribution in [0.4, 0.5) is 0 Å². The van der Waals surface area contributed by atoms with Gasteiger partial charge in [0, 0.05) is 11.1 Å². The van der Waals surface area contributed by atoms with Gasteiger partial charge in [-0.25, -0.2) is 4.79 Å². The Kier molecular flexibility index (Phi) is 1.45. The van der Waals surface area contributed by atoms with Crippen LogP contribution in [0.1, 0.15) is 12.8 Å². The van der Waals surface area contributed by atoms with Gasteiger partial charge in [0.1, 0.15) is 0 Å². The lowest BCUT2D eigenvalue weighted by Gasteiger charge is -2.16. The molecule has 4 heteroatoms. The molecule has 1 aliphatic rings. The minimum atomic E-state index is -1.03. The molecule has 0 aliphatic heterocycles. The number of amides is 1. The SMILES string of the molecule is NC(=O)C1=C(C(=O)O)CC1. The summed E-state index contributed by atoms with van der Waals surface area (Å²) in [6, 6.07) is 0. The molecule has 0 heterocycles. The van der Waals surface area contributed by atoms with Crippen LogP contribution in [0.25, 0.3) is 0 Å². The van der Waals surface area contributed by atoms with Crippen LogP contribution in [0.5, 0.6) is 0 Å². The summed E-state index contributed by atoms with van der Waals surface area (Å²) >= 11 is 0. The van der Waals surface area contributed by atoms with Crippen LogP contribution >= 0.6 is 0 Å². The van der Waals surface area contributed by atoms with Gasteiger partial charge in [-0.3, -0.25) is 4.79 Å². The van der Waals surface area contributed by atoms with E-state index in [0.29, 0.717) is 12.8 Å². The molecule has 0 spiro atoms. The van der Waals surface area contributed by atoms with E-state index in [1.165, 1.54) is 0 Å². The van der Waals surface area contributed by atoms with Gasteiger partial charge in [-0.2, -0.15) is 0 Å². The number of carboxylic acid groups (broad SMARTS) is 1. The van der Waals surface area contributed by atoms with Crippen molar-refractivity contribution in [2.45, 2.75) is 12.8 Å². The van der Waals surface area contributed by atoms with Gasteiger partial charge in [0.2, 0.25) is 5.91 Å². The van der Waals surface area contributed by atoms with Crippen molar-refractivity contribution in [3.63, 3.8) is 0 Å². The molecule has 0 aromatic heterocycles. The summed E-state index contributed by atoms with van der Waals surface area (Å²) in [6.45, 7) is 0. The average molecular weight is 141 g/mol. The highest BCUT2D eigenvalue weighted by molar-refractivity contribution is 6.03. The van der Waals surface area contributed by atoms with Crippen molar-refractivity contribution in [2.24, 2.45) is 5.73 Å². The zero-order chi connectivity index (χ0) is 7.72. The molecule has 1 amide bonds. The van der Waals surface area contributed by atoms with Crippen molar-refractivity contribution >= 4 is 11.9 Å². The zero-order valence-electron chi connectivity index (χ0n) is 5.26. The molecule has 0 unspecified atom stereocenters. The second-order valence-corrected chi connectivity index (χ2v) is 2.13. The Balaban J connectivity index is 2.87. The van der Waals surface area contributed by atoms with Gasteiger partial charge in [-0.15, -0.1) is 0 Å². The van der Waals surface area contributed by atoms with Gasteiger partial charge in [-0.1, -0.05) is 0 Å². The first-order valence-corrected chi connectivity index (χ1v) is 2.88. The van der Waals surface area contributed by atoms with Gasteiger partial charge < -0.3 is 10.8 Å². The Morgan fingerprint density at radius 2 is 1.80 bits per heavy atom. The third-order valence-corrected chi connectivity index (χ3v) is 1.54. The van der Waals surface area contributed by atoms with Crippen molar-refractivity contribution in [3.8, 4) is 0 Å². The van der Waals surface area contributed by atoms with Crippen molar-refractivity contribution in [2.75, 3.05) is 0 Å². The van der Waals surface area contributed by atoms with Crippen LogP contribution in [0, 0.1) is 0 Å². The lowest BCUT2D eigenvalue weighted by atomic mass is 9.88. The van der Waals surface area contributed by atoms with Crippen LogP contribution in [-0.4, -0.2) is 17.0 Å². The van der Waals surface area contributed by atoms with Gasteiger partial charge in [0.15, 0.2) is 0 Å². The molecule has 0 fully saturated rings. The number of aliphatic carboxylic acids is 1. The predicted molar refractivity (Wildman–Crippen MR) is 33.1 cm³/mol. The number of carbonyl (C=O) groups is 2. The summed E-state index contributed by atoms with van der Waals surface area (Å²) in [5, 5.41) is 8.39. The fourth-order valence-corrected chi connectivity index (χ4v) is 0.883. The predicted octanol–water partition coefficient (Wildman–Crippen LogP) is -0.353. The summed E-state index contributed by atoms with van der Waals surface area (Å²) in [4.78, 5) is 20.6. The van der Waals surface area contributed by atoms with E-state index in [2.05, 4.69) is 0 Å².